The first kappa shape index (κ1) is 12.4. The molecule has 1 saturated heterocycles. The van der Waals surface area contributed by atoms with Crippen molar-refractivity contribution < 1.29 is 0 Å². The quantitative estimate of drug-likeness (QED) is 0.681. The van der Waals surface area contributed by atoms with Gasteiger partial charge in [0.15, 0.2) is 0 Å². The van der Waals surface area contributed by atoms with Crippen molar-refractivity contribution in [2.24, 2.45) is 0 Å². The molecule has 0 aromatic heterocycles. The Labute approximate surface area is 93.4 Å². The molecule has 0 bridgehead atoms. The Hall–Kier alpha value is 0.310. The van der Waals surface area contributed by atoms with E-state index >= 15 is 0 Å². The van der Waals surface area contributed by atoms with Gasteiger partial charge in [0.25, 0.3) is 0 Å². The first-order valence-electron chi connectivity index (χ1n) is 6.19. The molecule has 84 valence electrons. The van der Waals surface area contributed by atoms with Crippen LogP contribution >= 0.6 is 11.8 Å². The van der Waals surface area contributed by atoms with E-state index in [1.165, 1.54) is 50.8 Å². The average molecular weight is 215 g/mol. The molecule has 0 saturated carbocycles. The molecule has 1 aliphatic heterocycles. The van der Waals surface area contributed by atoms with E-state index in [4.69, 9.17) is 0 Å². The molecule has 1 heterocycles. The number of hydrogen-bond donors (Lipinski definition) is 1. The number of hydrogen-bond acceptors (Lipinski definition) is 2. The van der Waals surface area contributed by atoms with Crippen LogP contribution in [-0.2, 0) is 0 Å². The maximum atomic E-state index is 3.71. The van der Waals surface area contributed by atoms with Gasteiger partial charge in [0.2, 0.25) is 0 Å². The summed E-state index contributed by atoms with van der Waals surface area (Å²) < 4.78 is 0. The van der Waals surface area contributed by atoms with Gasteiger partial charge in [-0.2, -0.15) is 11.8 Å². The molecule has 0 radical (unpaired) electrons. The van der Waals surface area contributed by atoms with Gasteiger partial charge in [-0.3, -0.25) is 0 Å². The molecule has 1 nitrogen and oxygen atoms in total. The van der Waals surface area contributed by atoms with Crippen molar-refractivity contribution in [3.63, 3.8) is 0 Å². The predicted octanol–water partition coefficient (Wildman–Crippen LogP) is 3.44. The molecule has 0 spiro atoms. The largest absolute Gasteiger partial charge is 0.313 e. The summed E-state index contributed by atoms with van der Waals surface area (Å²) in [6.07, 6.45) is 8.30. The van der Waals surface area contributed by atoms with Gasteiger partial charge in [0.05, 0.1) is 0 Å². The lowest BCUT2D eigenvalue weighted by atomic mass is 10.1. The van der Waals surface area contributed by atoms with Crippen molar-refractivity contribution in [2.45, 2.75) is 63.7 Å². The van der Waals surface area contributed by atoms with Gasteiger partial charge < -0.3 is 5.32 Å². The Morgan fingerprint density at radius 1 is 1.29 bits per heavy atom. The van der Waals surface area contributed by atoms with Crippen molar-refractivity contribution >= 4 is 11.8 Å². The third-order valence-electron chi connectivity index (χ3n) is 3.04. The Morgan fingerprint density at radius 3 is 2.86 bits per heavy atom. The van der Waals surface area contributed by atoms with E-state index in [0.29, 0.717) is 0 Å². The monoisotopic (exact) mass is 215 g/mol. The van der Waals surface area contributed by atoms with Gasteiger partial charge in [-0.05, 0) is 31.6 Å². The van der Waals surface area contributed by atoms with Gasteiger partial charge in [-0.15, -0.1) is 0 Å². The van der Waals surface area contributed by atoms with Gasteiger partial charge in [0, 0.05) is 11.3 Å². The van der Waals surface area contributed by atoms with Crippen molar-refractivity contribution in [3.8, 4) is 0 Å². The summed E-state index contributed by atoms with van der Waals surface area (Å²) >= 11 is 2.13. The van der Waals surface area contributed by atoms with Gasteiger partial charge in [0.1, 0.15) is 0 Å². The van der Waals surface area contributed by atoms with Crippen LogP contribution in [0.2, 0.25) is 0 Å². The van der Waals surface area contributed by atoms with E-state index in [2.05, 4.69) is 30.9 Å². The average Bonchev–Trinajstić information content (AvgIpc) is 2.20. The van der Waals surface area contributed by atoms with Gasteiger partial charge in [-0.25, -0.2) is 0 Å². The zero-order valence-corrected chi connectivity index (χ0v) is 10.5. The highest BCUT2D eigenvalue weighted by Gasteiger charge is 2.20. The van der Waals surface area contributed by atoms with Crippen molar-refractivity contribution in [1.29, 1.82) is 0 Å². The highest BCUT2D eigenvalue weighted by molar-refractivity contribution is 7.99. The van der Waals surface area contributed by atoms with E-state index in [9.17, 15) is 0 Å². The minimum absolute atomic E-state index is 0.787. The molecule has 1 rings (SSSR count). The summed E-state index contributed by atoms with van der Waals surface area (Å²) in [7, 11) is 0. The second-order valence-electron chi connectivity index (χ2n) is 4.34. The SMILES string of the molecule is CCCCCCNC1CCCSC1C. The molecular formula is C12H25NS. The number of rotatable bonds is 6. The minimum atomic E-state index is 0.787. The van der Waals surface area contributed by atoms with Crippen LogP contribution in [0.1, 0.15) is 52.4 Å². The maximum Gasteiger partial charge on any atom is 0.0184 e. The van der Waals surface area contributed by atoms with Crippen LogP contribution in [-0.4, -0.2) is 23.6 Å². The molecule has 2 atom stereocenters. The summed E-state index contributed by atoms with van der Waals surface area (Å²) in [5, 5.41) is 4.54. The molecular weight excluding hydrogens is 190 g/mol. The van der Waals surface area contributed by atoms with Crippen LogP contribution < -0.4 is 5.32 Å². The minimum Gasteiger partial charge on any atom is -0.313 e. The molecule has 14 heavy (non-hydrogen) atoms. The molecule has 1 N–H and O–H groups in total. The smallest absolute Gasteiger partial charge is 0.0184 e. The summed E-state index contributed by atoms with van der Waals surface area (Å²) in [5.41, 5.74) is 0. The highest BCUT2D eigenvalue weighted by Crippen LogP contribution is 2.24. The highest BCUT2D eigenvalue weighted by atomic mass is 32.2. The number of nitrogens with one attached hydrogen (secondary N) is 1. The fraction of sp³-hybridized carbons (Fsp3) is 1.00. The van der Waals surface area contributed by atoms with Gasteiger partial charge in [-0.1, -0.05) is 33.1 Å². The topological polar surface area (TPSA) is 12.0 Å². The Balaban J connectivity index is 1.99. The van der Waals surface area contributed by atoms with Crippen LogP contribution in [0.25, 0.3) is 0 Å². The van der Waals surface area contributed by atoms with Crippen molar-refractivity contribution in [1.82, 2.24) is 5.32 Å². The fourth-order valence-corrected chi connectivity index (χ4v) is 3.20. The van der Waals surface area contributed by atoms with Crippen LogP contribution in [0.3, 0.4) is 0 Å². The molecule has 0 aliphatic carbocycles. The molecule has 1 aliphatic rings. The Kier molecular flexibility index (Phi) is 6.70. The fourth-order valence-electron chi connectivity index (χ4n) is 2.03. The lowest BCUT2D eigenvalue weighted by molar-refractivity contribution is 0.452. The lowest BCUT2D eigenvalue weighted by Crippen LogP contribution is -2.39. The van der Waals surface area contributed by atoms with E-state index in [1.807, 2.05) is 0 Å². The molecule has 2 heteroatoms. The van der Waals surface area contributed by atoms with E-state index in [0.717, 1.165) is 11.3 Å². The van der Waals surface area contributed by atoms with Gasteiger partial charge >= 0.3 is 0 Å². The third-order valence-corrected chi connectivity index (χ3v) is 4.42. The molecule has 2 unspecified atom stereocenters. The Bertz CT molecular complexity index is 138. The molecule has 0 aromatic carbocycles. The number of thioether (sulfide) groups is 1. The predicted molar refractivity (Wildman–Crippen MR) is 67.1 cm³/mol. The van der Waals surface area contributed by atoms with E-state index in [1.54, 1.807) is 0 Å². The molecule has 1 fully saturated rings. The third kappa shape index (κ3) is 4.70. The standard InChI is InChI=1S/C12H25NS/c1-3-4-5-6-9-13-12-8-7-10-14-11(12)2/h11-13H,3-10H2,1-2H3. The second kappa shape index (κ2) is 7.58. The number of unbranched alkanes of at least 4 members (excludes halogenated alkanes) is 3. The van der Waals surface area contributed by atoms with Crippen LogP contribution in [0.5, 0.6) is 0 Å². The van der Waals surface area contributed by atoms with Crippen molar-refractivity contribution in [3.05, 3.63) is 0 Å². The normalized spacial score (nSPS) is 27.9. The molecule has 0 aromatic rings. The van der Waals surface area contributed by atoms with E-state index in [-0.39, 0.29) is 0 Å². The zero-order chi connectivity index (χ0) is 10.2. The zero-order valence-electron chi connectivity index (χ0n) is 9.72. The molecule has 0 amide bonds. The van der Waals surface area contributed by atoms with Crippen LogP contribution in [0.4, 0.5) is 0 Å². The Morgan fingerprint density at radius 2 is 2.14 bits per heavy atom. The second-order valence-corrected chi connectivity index (χ2v) is 5.82. The first-order chi connectivity index (χ1) is 6.84. The summed E-state index contributed by atoms with van der Waals surface area (Å²) in [5.74, 6) is 1.37. The van der Waals surface area contributed by atoms with Crippen LogP contribution in [0, 0.1) is 0 Å². The summed E-state index contributed by atoms with van der Waals surface area (Å²) in [6.45, 7) is 5.87. The van der Waals surface area contributed by atoms with E-state index < -0.39 is 0 Å². The maximum absolute atomic E-state index is 3.71. The van der Waals surface area contributed by atoms with Crippen LogP contribution in [0.15, 0.2) is 0 Å². The lowest BCUT2D eigenvalue weighted by Gasteiger charge is -2.29. The summed E-state index contributed by atoms with van der Waals surface area (Å²) in [6, 6.07) is 0.787. The summed E-state index contributed by atoms with van der Waals surface area (Å²) in [4.78, 5) is 0. The first-order valence-corrected chi connectivity index (χ1v) is 7.24. The van der Waals surface area contributed by atoms with Crippen molar-refractivity contribution in [2.75, 3.05) is 12.3 Å².